The monoisotopic (exact) mass is 333 g/mol. The molecule has 0 atom stereocenters. The number of rotatable bonds is 9. The van der Waals surface area contributed by atoms with E-state index in [2.05, 4.69) is 18.9 Å². The average molecular weight is 333 g/mol. The third kappa shape index (κ3) is 6.52. The summed E-state index contributed by atoms with van der Waals surface area (Å²) in [7, 11) is 2.10. The predicted octanol–water partition coefficient (Wildman–Crippen LogP) is 4.29. The molecule has 1 aliphatic heterocycles. The Balaban J connectivity index is 1.69. The Morgan fingerprint density at radius 2 is 1.75 bits per heavy atom. The van der Waals surface area contributed by atoms with Crippen LogP contribution in [0.2, 0.25) is 0 Å². The molecule has 0 N–H and O–H groups in total. The second-order valence-electron chi connectivity index (χ2n) is 6.69. The van der Waals surface area contributed by atoms with Crippen LogP contribution in [-0.4, -0.2) is 43.7 Å². The number of carbonyl (C=O) groups excluding carboxylic acids is 1. The van der Waals surface area contributed by atoms with Crippen molar-refractivity contribution in [1.29, 1.82) is 0 Å². The lowest BCUT2D eigenvalue weighted by Crippen LogP contribution is -2.35. The molecule has 0 bridgehead atoms. The summed E-state index contributed by atoms with van der Waals surface area (Å²) in [6.07, 6.45) is 8.02. The molecule has 1 fully saturated rings. The minimum Gasteiger partial charge on any atom is -0.494 e. The molecule has 0 aromatic heterocycles. The summed E-state index contributed by atoms with van der Waals surface area (Å²) in [6, 6.07) is 7.31. The number of esters is 1. The van der Waals surface area contributed by atoms with Crippen molar-refractivity contribution in [3.05, 3.63) is 29.8 Å². The van der Waals surface area contributed by atoms with Crippen molar-refractivity contribution in [1.82, 2.24) is 4.90 Å². The smallest absolute Gasteiger partial charge is 0.338 e. The van der Waals surface area contributed by atoms with Crippen LogP contribution >= 0.6 is 0 Å². The predicted molar refractivity (Wildman–Crippen MR) is 96.6 cm³/mol. The Morgan fingerprint density at radius 3 is 2.42 bits per heavy atom. The van der Waals surface area contributed by atoms with E-state index < -0.39 is 0 Å². The second kappa shape index (κ2) is 10.3. The molecule has 0 unspecified atom stereocenters. The van der Waals surface area contributed by atoms with E-state index in [0.29, 0.717) is 5.56 Å². The van der Waals surface area contributed by atoms with E-state index in [4.69, 9.17) is 9.47 Å². The topological polar surface area (TPSA) is 38.8 Å². The van der Waals surface area contributed by atoms with Gasteiger partial charge in [-0.15, -0.1) is 0 Å². The first-order chi connectivity index (χ1) is 11.7. The van der Waals surface area contributed by atoms with E-state index in [0.717, 1.165) is 44.7 Å². The second-order valence-corrected chi connectivity index (χ2v) is 6.69. The van der Waals surface area contributed by atoms with Gasteiger partial charge in [0.05, 0.1) is 12.2 Å². The number of benzene rings is 1. The molecule has 0 aliphatic carbocycles. The summed E-state index contributed by atoms with van der Waals surface area (Å²) in [4.78, 5) is 14.5. The maximum atomic E-state index is 12.2. The van der Waals surface area contributed by atoms with Gasteiger partial charge in [0.25, 0.3) is 0 Å². The SMILES string of the molecule is CCCCCCCOc1ccc(C(=O)OC2CCN(C)CC2)cc1. The van der Waals surface area contributed by atoms with Crippen LogP contribution in [0.1, 0.15) is 62.2 Å². The van der Waals surface area contributed by atoms with E-state index in [1.54, 1.807) is 12.1 Å². The van der Waals surface area contributed by atoms with Gasteiger partial charge in [-0.05, 0) is 50.6 Å². The number of nitrogens with zero attached hydrogens (tertiary/aromatic N) is 1. The first kappa shape index (κ1) is 18.8. The zero-order valence-corrected chi connectivity index (χ0v) is 15.1. The highest BCUT2D eigenvalue weighted by Crippen LogP contribution is 2.17. The molecule has 0 saturated carbocycles. The standard InChI is InChI=1S/C20H31NO3/c1-3-4-5-6-7-16-23-18-10-8-17(9-11-18)20(22)24-19-12-14-21(2)15-13-19/h8-11,19H,3-7,12-16H2,1-2H3. The lowest BCUT2D eigenvalue weighted by atomic mass is 10.1. The fourth-order valence-electron chi connectivity index (χ4n) is 2.91. The molecule has 1 aliphatic rings. The molecule has 1 saturated heterocycles. The summed E-state index contributed by atoms with van der Waals surface area (Å²) >= 11 is 0. The minimum absolute atomic E-state index is 0.0488. The average Bonchev–Trinajstić information content (AvgIpc) is 2.60. The van der Waals surface area contributed by atoms with Crippen molar-refractivity contribution < 1.29 is 14.3 Å². The molecule has 1 aromatic carbocycles. The first-order valence-corrected chi connectivity index (χ1v) is 9.31. The summed E-state index contributed by atoms with van der Waals surface area (Å²) in [5.41, 5.74) is 0.601. The van der Waals surface area contributed by atoms with Crippen LogP contribution in [0.4, 0.5) is 0 Å². The molecule has 2 rings (SSSR count). The number of carbonyl (C=O) groups is 1. The van der Waals surface area contributed by atoms with Crippen LogP contribution in [0.15, 0.2) is 24.3 Å². The van der Waals surface area contributed by atoms with Crippen molar-refractivity contribution in [2.45, 2.75) is 58.0 Å². The number of unbranched alkanes of at least 4 members (excludes halogenated alkanes) is 4. The molecular weight excluding hydrogens is 302 g/mol. The zero-order chi connectivity index (χ0) is 17.2. The van der Waals surface area contributed by atoms with Gasteiger partial charge in [-0.1, -0.05) is 32.6 Å². The zero-order valence-electron chi connectivity index (χ0n) is 15.1. The molecule has 0 radical (unpaired) electrons. The summed E-state index contributed by atoms with van der Waals surface area (Å²) in [5.74, 6) is 0.594. The van der Waals surface area contributed by atoms with E-state index in [-0.39, 0.29) is 12.1 Å². The highest BCUT2D eigenvalue weighted by molar-refractivity contribution is 5.89. The van der Waals surface area contributed by atoms with Crippen LogP contribution in [-0.2, 0) is 4.74 Å². The Bertz CT molecular complexity index is 478. The van der Waals surface area contributed by atoms with Crippen LogP contribution in [0, 0.1) is 0 Å². The van der Waals surface area contributed by atoms with Gasteiger partial charge in [0, 0.05) is 13.1 Å². The fourth-order valence-corrected chi connectivity index (χ4v) is 2.91. The van der Waals surface area contributed by atoms with E-state index in [9.17, 15) is 4.79 Å². The maximum Gasteiger partial charge on any atom is 0.338 e. The highest BCUT2D eigenvalue weighted by Gasteiger charge is 2.20. The van der Waals surface area contributed by atoms with Crippen LogP contribution in [0.3, 0.4) is 0 Å². The van der Waals surface area contributed by atoms with Gasteiger partial charge in [-0.3, -0.25) is 0 Å². The molecule has 1 heterocycles. The van der Waals surface area contributed by atoms with Crippen molar-refractivity contribution >= 4 is 5.97 Å². The quantitative estimate of drug-likeness (QED) is 0.499. The molecule has 1 aromatic rings. The van der Waals surface area contributed by atoms with E-state index >= 15 is 0 Å². The maximum absolute atomic E-state index is 12.2. The Morgan fingerprint density at radius 1 is 1.08 bits per heavy atom. The molecule has 24 heavy (non-hydrogen) atoms. The normalized spacial score (nSPS) is 16.1. The summed E-state index contributed by atoms with van der Waals surface area (Å²) in [5, 5.41) is 0. The van der Waals surface area contributed by atoms with Crippen LogP contribution in [0.25, 0.3) is 0 Å². The first-order valence-electron chi connectivity index (χ1n) is 9.31. The fraction of sp³-hybridized carbons (Fsp3) is 0.650. The van der Waals surface area contributed by atoms with Gasteiger partial charge in [0.2, 0.25) is 0 Å². The van der Waals surface area contributed by atoms with Gasteiger partial charge in [-0.25, -0.2) is 4.79 Å². The molecule has 0 amide bonds. The summed E-state index contributed by atoms with van der Waals surface area (Å²) in [6.45, 7) is 4.94. The van der Waals surface area contributed by atoms with E-state index in [1.165, 1.54) is 25.7 Å². The Hall–Kier alpha value is -1.55. The number of hydrogen-bond donors (Lipinski definition) is 0. The van der Waals surface area contributed by atoms with Gasteiger partial charge < -0.3 is 14.4 Å². The van der Waals surface area contributed by atoms with Crippen molar-refractivity contribution in [2.24, 2.45) is 0 Å². The third-order valence-electron chi connectivity index (χ3n) is 4.55. The number of piperidine rings is 1. The third-order valence-corrected chi connectivity index (χ3v) is 4.55. The minimum atomic E-state index is -0.226. The Kier molecular flexibility index (Phi) is 8.10. The lowest BCUT2D eigenvalue weighted by Gasteiger charge is -2.28. The van der Waals surface area contributed by atoms with Gasteiger partial charge in [0.1, 0.15) is 11.9 Å². The molecule has 134 valence electrons. The lowest BCUT2D eigenvalue weighted by molar-refractivity contribution is 0.0139. The van der Waals surface area contributed by atoms with Gasteiger partial charge >= 0.3 is 5.97 Å². The van der Waals surface area contributed by atoms with Crippen LogP contribution in [0.5, 0.6) is 5.75 Å². The Labute approximate surface area is 146 Å². The van der Waals surface area contributed by atoms with Gasteiger partial charge in [-0.2, -0.15) is 0 Å². The highest BCUT2D eigenvalue weighted by atomic mass is 16.5. The molecule has 0 spiro atoms. The summed E-state index contributed by atoms with van der Waals surface area (Å²) < 4.78 is 11.3. The van der Waals surface area contributed by atoms with Crippen molar-refractivity contribution in [3.8, 4) is 5.75 Å². The number of ether oxygens (including phenoxy) is 2. The molecule has 4 heteroatoms. The van der Waals surface area contributed by atoms with E-state index in [1.807, 2.05) is 12.1 Å². The number of likely N-dealkylation sites (tertiary alicyclic amines) is 1. The van der Waals surface area contributed by atoms with Crippen LogP contribution < -0.4 is 4.74 Å². The van der Waals surface area contributed by atoms with Crippen molar-refractivity contribution in [2.75, 3.05) is 26.7 Å². The molecular formula is C20H31NO3. The molecule has 4 nitrogen and oxygen atoms in total. The van der Waals surface area contributed by atoms with Crippen molar-refractivity contribution in [3.63, 3.8) is 0 Å². The largest absolute Gasteiger partial charge is 0.494 e. The number of hydrogen-bond acceptors (Lipinski definition) is 4. The van der Waals surface area contributed by atoms with Gasteiger partial charge in [0.15, 0.2) is 0 Å².